The fourth-order valence-electron chi connectivity index (χ4n) is 2.72. The van der Waals surface area contributed by atoms with Crippen molar-refractivity contribution >= 4 is 17.3 Å². The number of benzene rings is 1. The monoisotopic (exact) mass is 295 g/mol. The minimum atomic E-state index is 0.0787. The third kappa shape index (κ3) is 3.27. The van der Waals surface area contributed by atoms with Gasteiger partial charge in [0.25, 0.3) is 5.91 Å². The third-order valence-corrected chi connectivity index (χ3v) is 4.03. The van der Waals surface area contributed by atoms with Crippen molar-refractivity contribution in [1.29, 1.82) is 0 Å². The van der Waals surface area contributed by atoms with Gasteiger partial charge in [-0.3, -0.25) is 9.78 Å². The first-order valence-corrected chi connectivity index (χ1v) is 7.86. The number of carbonyl (C=O) groups is 1. The number of nitrogens with one attached hydrogen (secondary N) is 1. The highest BCUT2D eigenvalue weighted by molar-refractivity contribution is 5.95. The molecule has 0 aliphatic carbocycles. The number of pyridine rings is 1. The van der Waals surface area contributed by atoms with Gasteiger partial charge in [0.2, 0.25) is 0 Å². The van der Waals surface area contributed by atoms with Gasteiger partial charge in [0.15, 0.2) is 0 Å². The standard InChI is InChI=1S/C18H21N3O/c1-2-14-5-7-16(8-6-14)20-17-11-15(12-19-13-17)18(22)21-9-3-4-10-21/h5-8,11-13,20H,2-4,9-10H2,1H3. The van der Waals surface area contributed by atoms with Crippen molar-refractivity contribution in [3.63, 3.8) is 0 Å². The number of amides is 1. The predicted molar refractivity (Wildman–Crippen MR) is 88.5 cm³/mol. The van der Waals surface area contributed by atoms with E-state index < -0.39 is 0 Å². The molecule has 0 bridgehead atoms. The summed E-state index contributed by atoms with van der Waals surface area (Å²) in [6, 6.07) is 10.2. The Morgan fingerprint density at radius 3 is 2.55 bits per heavy atom. The number of likely N-dealkylation sites (tertiary alicyclic amines) is 1. The first kappa shape index (κ1) is 14.6. The van der Waals surface area contributed by atoms with E-state index in [4.69, 9.17) is 0 Å². The maximum atomic E-state index is 12.4. The van der Waals surface area contributed by atoms with E-state index in [1.165, 1.54) is 5.56 Å². The van der Waals surface area contributed by atoms with E-state index in [0.717, 1.165) is 43.7 Å². The molecular weight excluding hydrogens is 274 g/mol. The second-order valence-corrected chi connectivity index (χ2v) is 5.64. The van der Waals surface area contributed by atoms with Crippen LogP contribution in [0.4, 0.5) is 11.4 Å². The maximum Gasteiger partial charge on any atom is 0.255 e. The van der Waals surface area contributed by atoms with Gasteiger partial charge < -0.3 is 10.2 Å². The highest BCUT2D eigenvalue weighted by atomic mass is 16.2. The molecule has 2 aromatic rings. The maximum absolute atomic E-state index is 12.4. The van der Waals surface area contributed by atoms with Gasteiger partial charge >= 0.3 is 0 Å². The van der Waals surface area contributed by atoms with Crippen molar-refractivity contribution < 1.29 is 4.79 Å². The molecule has 1 N–H and O–H groups in total. The lowest BCUT2D eigenvalue weighted by Crippen LogP contribution is -2.27. The lowest BCUT2D eigenvalue weighted by atomic mass is 10.1. The van der Waals surface area contributed by atoms with E-state index in [2.05, 4.69) is 29.4 Å². The van der Waals surface area contributed by atoms with Gasteiger partial charge in [-0.2, -0.15) is 0 Å². The lowest BCUT2D eigenvalue weighted by Gasteiger charge is -2.15. The van der Waals surface area contributed by atoms with Crippen LogP contribution in [0, 0.1) is 0 Å². The lowest BCUT2D eigenvalue weighted by molar-refractivity contribution is 0.0792. The number of aryl methyl sites for hydroxylation is 1. The van der Waals surface area contributed by atoms with Crippen LogP contribution in [-0.4, -0.2) is 28.9 Å². The number of hydrogen-bond donors (Lipinski definition) is 1. The molecule has 1 saturated heterocycles. The molecule has 2 heterocycles. The highest BCUT2D eigenvalue weighted by Crippen LogP contribution is 2.19. The third-order valence-electron chi connectivity index (χ3n) is 4.03. The number of hydrogen-bond acceptors (Lipinski definition) is 3. The summed E-state index contributed by atoms with van der Waals surface area (Å²) in [7, 11) is 0. The summed E-state index contributed by atoms with van der Waals surface area (Å²) in [6.07, 6.45) is 6.62. The fourth-order valence-corrected chi connectivity index (χ4v) is 2.72. The summed E-state index contributed by atoms with van der Waals surface area (Å²) in [5.41, 5.74) is 3.80. The van der Waals surface area contributed by atoms with Crippen molar-refractivity contribution in [3.8, 4) is 0 Å². The predicted octanol–water partition coefficient (Wildman–Crippen LogP) is 3.62. The summed E-state index contributed by atoms with van der Waals surface area (Å²) in [5, 5.41) is 3.31. The highest BCUT2D eigenvalue weighted by Gasteiger charge is 2.19. The topological polar surface area (TPSA) is 45.2 Å². The second-order valence-electron chi connectivity index (χ2n) is 5.64. The zero-order valence-electron chi connectivity index (χ0n) is 12.9. The van der Waals surface area contributed by atoms with Crippen molar-refractivity contribution in [3.05, 3.63) is 53.9 Å². The van der Waals surface area contributed by atoms with Crippen LogP contribution in [-0.2, 0) is 6.42 Å². The molecule has 0 radical (unpaired) electrons. The van der Waals surface area contributed by atoms with Crippen molar-refractivity contribution in [2.45, 2.75) is 26.2 Å². The van der Waals surface area contributed by atoms with Gasteiger partial charge in [-0.05, 0) is 43.0 Å². The second kappa shape index (κ2) is 6.60. The van der Waals surface area contributed by atoms with Crippen LogP contribution in [0.25, 0.3) is 0 Å². The summed E-state index contributed by atoms with van der Waals surface area (Å²) < 4.78 is 0. The van der Waals surface area contributed by atoms with E-state index >= 15 is 0 Å². The van der Waals surface area contributed by atoms with Crippen molar-refractivity contribution in [2.75, 3.05) is 18.4 Å². The Morgan fingerprint density at radius 1 is 1.14 bits per heavy atom. The van der Waals surface area contributed by atoms with Crippen LogP contribution in [0.5, 0.6) is 0 Å². The average Bonchev–Trinajstić information content (AvgIpc) is 3.09. The largest absolute Gasteiger partial charge is 0.354 e. The first-order chi connectivity index (χ1) is 10.8. The number of carbonyl (C=O) groups excluding carboxylic acids is 1. The summed E-state index contributed by atoms with van der Waals surface area (Å²) in [4.78, 5) is 18.5. The zero-order chi connectivity index (χ0) is 15.4. The van der Waals surface area contributed by atoms with Crippen LogP contribution >= 0.6 is 0 Å². The Balaban J connectivity index is 1.74. The van der Waals surface area contributed by atoms with Crippen LogP contribution in [0.1, 0.15) is 35.7 Å². The number of aromatic nitrogens is 1. The molecule has 1 aromatic carbocycles. The Hall–Kier alpha value is -2.36. The molecule has 1 amide bonds. The SMILES string of the molecule is CCc1ccc(Nc2cncc(C(=O)N3CCCC3)c2)cc1. The van der Waals surface area contributed by atoms with E-state index in [-0.39, 0.29) is 5.91 Å². The summed E-state index contributed by atoms with van der Waals surface area (Å²) in [6.45, 7) is 3.85. The number of nitrogens with zero attached hydrogens (tertiary/aromatic N) is 2. The molecular formula is C18H21N3O. The van der Waals surface area contributed by atoms with Crippen molar-refractivity contribution in [2.24, 2.45) is 0 Å². The van der Waals surface area contributed by atoms with Gasteiger partial charge in [0.05, 0.1) is 17.4 Å². The molecule has 0 saturated carbocycles. The van der Waals surface area contributed by atoms with E-state index in [1.54, 1.807) is 12.4 Å². The van der Waals surface area contributed by atoms with Gasteiger partial charge in [-0.1, -0.05) is 19.1 Å². The minimum Gasteiger partial charge on any atom is -0.354 e. The fraction of sp³-hybridized carbons (Fsp3) is 0.333. The molecule has 0 unspecified atom stereocenters. The molecule has 114 valence electrons. The van der Waals surface area contributed by atoms with Gasteiger partial charge in [0, 0.05) is 25.0 Å². The molecule has 3 rings (SSSR count). The Kier molecular flexibility index (Phi) is 4.37. The Bertz CT molecular complexity index is 646. The molecule has 0 atom stereocenters. The normalized spacial score (nSPS) is 14.1. The minimum absolute atomic E-state index is 0.0787. The van der Waals surface area contributed by atoms with Crippen LogP contribution in [0.15, 0.2) is 42.7 Å². The summed E-state index contributed by atoms with van der Waals surface area (Å²) >= 11 is 0. The van der Waals surface area contributed by atoms with Crippen molar-refractivity contribution in [1.82, 2.24) is 9.88 Å². The van der Waals surface area contributed by atoms with Crippen LogP contribution in [0.2, 0.25) is 0 Å². The van der Waals surface area contributed by atoms with Gasteiger partial charge in [0.1, 0.15) is 0 Å². The smallest absolute Gasteiger partial charge is 0.255 e. The number of anilines is 2. The molecule has 22 heavy (non-hydrogen) atoms. The summed E-state index contributed by atoms with van der Waals surface area (Å²) in [5.74, 6) is 0.0787. The van der Waals surface area contributed by atoms with E-state index in [0.29, 0.717) is 5.56 Å². The first-order valence-electron chi connectivity index (χ1n) is 7.86. The van der Waals surface area contributed by atoms with Crippen LogP contribution < -0.4 is 5.32 Å². The van der Waals surface area contributed by atoms with E-state index in [9.17, 15) is 4.79 Å². The molecule has 0 spiro atoms. The van der Waals surface area contributed by atoms with Gasteiger partial charge in [-0.15, -0.1) is 0 Å². The molecule has 4 nitrogen and oxygen atoms in total. The van der Waals surface area contributed by atoms with Crippen LogP contribution in [0.3, 0.4) is 0 Å². The Morgan fingerprint density at radius 2 is 1.86 bits per heavy atom. The molecule has 1 fully saturated rings. The molecule has 1 aliphatic rings. The molecule has 1 aliphatic heterocycles. The average molecular weight is 295 g/mol. The quantitative estimate of drug-likeness (QED) is 0.937. The molecule has 4 heteroatoms. The Labute approximate surface area is 131 Å². The molecule has 1 aromatic heterocycles. The zero-order valence-corrected chi connectivity index (χ0v) is 12.9. The number of rotatable bonds is 4. The van der Waals surface area contributed by atoms with Gasteiger partial charge in [-0.25, -0.2) is 0 Å². The van der Waals surface area contributed by atoms with E-state index in [1.807, 2.05) is 23.1 Å².